The van der Waals surface area contributed by atoms with E-state index in [0.29, 0.717) is 24.6 Å². The molecule has 0 radical (unpaired) electrons. The minimum atomic E-state index is -0.593. The molecule has 1 heterocycles. The molecule has 2 amide bonds. The second kappa shape index (κ2) is 6.63. The number of carbonyl (C=O) groups is 1. The fraction of sp³-hybridized carbons (Fsp3) is 0.316. The Morgan fingerprint density at radius 2 is 2.04 bits per heavy atom. The van der Waals surface area contributed by atoms with Gasteiger partial charge in [0.1, 0.15) is 22.9 Å². The lowest BCUT2D eigenvalue weighted by Gasteiger charge is -2.29. The van der Waals surface area contributed by atoms with Crippen molar-refractivity contribution in [1.82, 2.24) is 4.90 Å². The van der Waals surface area contributed by atoms with Crippen LogP contribution in [0.1, 0.15) is 19.4 Å². The number of nitrogens with one attached hydrogen (secondary N) is 1. The molecule has 0 fully saturated rings. The van der Waals surface area contributed by atoms with E-state index in [9.17, 15) is 9.18 Å². The van der Waals surface area contributed by atoms with Crippen molar-refractivity contribution in [1.29, 1.82) is 0 Å². The monoisotopic (exact) mass is 344 g/mol. The molecule has 3 rings (SSSR count). The van der Waals surface area contributed by atoms with Crippen LogP contribution in [0.5, 0.6) is 11.5 Å². The van der Waals surface area contributed by atoms with Gasteiger partial charge in [-0.2, -0.15) is 0 Å². The van der Waals surface area contributed by atoms with Crippen molar-refractivity contribution >= 4 is 11.7 Å². The van der Waals surface area contributed by atoms with Gasteiger partial charge in [-0.1, -0.05) is 12.1 Å². The number of rotatable bonds is 2. The van der Waals surface area contributed by atoms with E-state index in [0.717, 1.165) is 5.56 Å². The fourth-order valence-corrected chi connectivity index (χ4v) is 2.84. The van der Waals surface area contributed by atoms with Gasteiger partial charge in [-0.25, -0.2) is 9.18 Å². The Bertz CT molecular complexity index is 792. The van der Waals surface area contributed by atoms with Gasteiger partial charge in [0.2, 0.25) is 0 Å². The van der Waals surface area contributed by atoms with E-state index < -0.39 is 11.4 Å². The number of amides is 2. The van der Waals surface area contributed by atoms with Crippen molar-refractivity contribution in [2.45, 2.75) is 26.0 Å². The number of ether oxygens (including phenoxy) is 2. The Morgan fingerprint density at radius 1 is 1.28 bits per heavy atom. The smallest absolute Gasteiger partial charge is 0.322 e. The predicted octanol–water partition coefficient (Wildman–Crippen LogP) is 4.04. The molecule has 2 aromatic rings. The molecule has 0 unspecified atom stereocenters. The third-order valence-corrected chi connectivity index (χ3v) is 4.00. The quantitative estimate of drug-likeness (QED) is 0.894. The highest BCUT2D eigenvalue weighted by Gasteiger charge is 2.32. The maximum Gasteiger partial charge on any atom is 0.322 e. The topological polar surface area (TPSA) is 50.8 Å². The molecule has 5 nitrogen and oxygen atoms in total. The zero-order valence-electron chi connectivity index (χ0n) is 14.5. The number of nitrogens with zero attached hydrogens (tertiary/aromatic N) is 1. The number of hydrogen-bond donors (Lipinski definition) is 1. The summed E-state index contributed by atoms with van der Waals surface area (Å²) in [6.07, 6.45) is 0. The molecule has 0 saturated carbocycles. The van der Waals surface area contributed by atoms with Crippen molar-refractivity contribution < 1.29 is 18.7 Å². The van der Waals surface area contributed by atoms with Gasteiger partial charge < -0.3 is 19.7 Å². The number of hydrogen-bond acceptors (Lipinski definition) is 3. The zero-order valence-corrected chi connectivity index (χ0v) is 14.5. The zero-order chi connectivity index (χ0) is 18.0. The van der Waals surface area contributed by atoms with Crippen LogP contribution in [0.25, 0.3) is 0 Å². The average molecular weight is 344 g/mol. The second-order valence-corrected chi connectivity index (χ2v) is 6.60. The molecule has 0 aliphatic carbocycles. The SMILES string of the molecule is COc1ccc2c(c1)OC(C)(C)CN(C(=O)Nc1ccccc1F)C2. The number of carbonyl (C=O) groups excluding carboxylic acids is 1. The molecule has 2 aromatic carbocycles. The molecule has 1 aliphatic rings. The maximum absolute atomic E-state index is 13.8. The third-order valence-electron chi connectivity index (χ3n) is 4.00. The van der Waals surface area contributed by atoms with E-state index in [1.54, 1.807) is 24.1 Å². The highest BCUT2D eigenvalue weighted by atomic mass is 19.1. The lowest BCUT2D eigenvalue weighted by Crippen LogP contribution is -2.44. The molecule has 0 bridgehead atoms. The first kappa shape index (κ1) is 17.1. The van der Waals surface area contributed by atoms with Crippen LogP contribution in [0.15, 0.2) is 42.5 Å². The second-order valence-electron chi connectivity index (χ2n) is 6.60. The van der Waals surface area contributed by atoms with Gasteiger partial charge in [0, 0.05) is 11.6 Å². The molecule has 0 atom stereocenters. The Labute approximate surface area is 146 Å². The first-order chi connectivity index (χ1) is 11.9. The lowest BCUT2D eigenvalue weighted by molar-refractivity contribution is 0.0833. The summed E-state index contributed by atoms with van der Waals surface area (Å²) in [7, 11) is 1.59. The summed E-state index contributed by atoms with van der Waals surface area (Å²) in [6, 6.07) is 11.2. The van der Waals surface area contributed by atoms with E-state index in [1.165, 1.54) is 12.1 Å². The maximum atomic E-state index is 13.8. The van der Waals surface area contributed by atoms with E-state index in [4.69, 9.17) is 9.47 Å². The van der Waals surface area contributed by atoms with Crippen LogP contribution in [0.4, 0.5) is 14.9 Å². The predicted molar refractivity (Wildman–Crippen MR) is 93.5 cm³/mol. The number of halogens is 1. The molecule has 25 heavy (non-hydrogen) atoms. The van der Waals surface area contributed by atoms with Gasteiger partial charge in [0.05, 0.1) is 25.9 Å². The summed E-state index contributed by atoms with van der Waals surface area (Å²) in [4.78, 5) is 14.3. The lowest BCUT2D eigenvalue weighted by atomic mass is 10.1. The van der Waals surface area contributed by atoms with Crippen molar-refractivity contribution in [2.75, 3.05) is 19.0 Å². The Kier molecular flexibility index (Phi) is 4.53. The minimum Gasteiger partial charge on any atom is -0.497 e. The Morgan fingerprint density at radius 3 is 2.76 bits per heavy atom. The molecule has 132 valence electrons. The molecule has 1 aliphatic heterocycles. The summed E-state index contributed by atoms with van der Waals surface area (Å²) in [5.74, 6) is 0.913. The number of benzene rings is 2. The highest BCUT2D eigenvalue weighted by molar-refractivity contribution is 5.89. The van der Waals surface area contributed by atoms with Crippen LogP contribution < -0.4 is 14.8 Å². The number of urea groups is 1. The first-order valence-electron chi connectivity index (χ1n) is 8.04. The van der Waals surface area contributed by atoms with Crippen molar-refractivity contribution in [3.63, 3.8) is 0 Å². The summed E-state index contributed by atoms with van der Waals surface area (Å²) in [6.45, 7) is 4.54. The van der Waals surface area contributed by atoms with E-state index in [1.807, 2.05) is 32.0 Å². The van der Waals surface area contributed by atoms with Gasteiger partial charge >= 0.3 is 6.03 Å². The molecule has 6 heteroatoms. The number of methoxy groups -OCH3 is 1. The number of para-hydroxylation sites is 1. The van der Waals surface area contributed by atoms with Crippen LogP contribution in [0.3, 0.4) is 0 Å². The number of fused-ring (bicyclic) bond motifs is 1. The fourth-order valence-electron chi connectivity index (χ4n) is 2.84. The van der Waals surface area contributed by atoms with Gasteiger partial charge in [0.15, 0.2) is 0 Å². The molecule has 0 spiro atoms. The van der Waals surface area contributed by atoms with Crippen LogP contribution in [0.2, 0.25) is 0 Å². The largest absolute Gasteiger partial charge is 0.497 e. The molecule has 1 N–H and O–H groups in total. The summed E-state index contributed by atoms with van der Waals surface area (Å²) in [5.41, 5.74) is 0.435. The Hall–Kier alpha value is -2.76. The van der Waals surface area contributed by atoms with Crippen LogP contribution >= 0.6 is 0 Å². The van der Waals surface area contributed by atoms with Gasteiger partial charge in [0.25, 0.3) is 0 Å². The normalized spacial score (nSPS) is 15.6. The van der Waals surface area contributed by atoms with Crippen molar-refractivity contribution in [2.24, 2.45) is 0 Å². The van der Waals surface area contributed by atoms with E-state index >= 15 is 0 Å². The van der Waals surface area contributed by atoms with Crippen LogP contribution in [-0.4, -0.2) is 30.2 Å². The standard InChI is InChI=1S/C19H21FN2O3/c1-19(2)12-22(18(23)21-16-7-5-4-6-15(16)20)11-13-8-9-14(24-3)10-17(13)25-19/h4-10H,11-12H2,1-3H3,(H,21,23). The summed E-state index contributed by atoms with van der Waals surface area (Å²) < 4.78 is 25.1. The summed E-state index contributed by atoms with van der Waals surface area (Å²) >= 11 is 0. The average Bonchev–Trinajstić information content (AvgIpc) is 2.70. The molecular formula is C19H21FN2O3. The van der Waals surface area contributed by atoms with Gasteiger partial charge in [-0.05, 0) is 38.1 Å². The van der Waals surface area contributed by atoms with Gasteiger partial charge in [-0.3, -0.25) is 0 Å². The third kappa shape index (κ3) is 3.84. The molecular weight excluding hydrogens is 323 g/mol. The first-order valence-corrected chi connectivity index (χ1v) is 8.04. The highest BCUT2D eigenvalue weighted by Crippen LogP contribution is 2.32. The Balaban J connectivity index is 1.86. The summed E-state index contributed by atoms with van der Waals surface area (Å²) in [5, 5.41) is 2.63. The number of anilines is 1. The van der Waals surface area contributed by atoms with E-state index in [-0.39, 0.29) is 11.7 Å². The van der Waals surface area contributed by atoms with Crippen molar-refractivity contribution in [3.05, 3.63) is 53.8 Å². The molecule has 0 aromatic heterocycles. The van der Waals surface area contributed by atoms with E-state index in [2.05, 4.69) is 5.32 Å². The van der Waals surface area contributed by atoms with Crippen molar-refractivity contribution in [3.8, 4) is 11.5 Å². The van der Waals surface area contributed by atoms with Crippen LogP contribution in [0, 0.1) is 5.82 Å². The molecule has 0 saturated heterocycles. The van der Waals surface area contributed by atoms with Crippen LogP contribution in [-0.2, 0) is 6.54 Å². The van der Waals surface area contributed by atoms with Gasteiger partial charge in [-0.15, -0.1) is 0 Å². The minimum absolute atomic E-state index is 0.158.